The predicted octanol–water partition coefficient (Wildman–Crippen LogP) is 2.13. The molecular weight excluding hydrogens is 854 g/mol. The first-order valence-electron chi connectivity index (χ1n) is 20.1. The van der Waals surface area contributed by atoms with Crippen LogP contribution in [-0.4, -0.2) is 151 Å². The highest BCUT2D eigenvalue weighted by atomic mass is 32.1. The van der Waals surface area contributed by atoms with Crippen molar-refractivity contribution in [1.29, 1.82) is 0 Å². The summed E-state index contributed by atoms with van der Waals surface area (Å²) in [5.74, 6) is -2.83. The summed E-state index contributed by atoms with van der Waals surface area (Å²) in [6, 6.07) is 5.49. The molecule has 3 aromatic rings. The van der Waals surface area contributed by atoms with Crippen LogP contribution in [0, 0.1) is 0 Å². The molecule has 4 amide bonds. The minimum atomic E-state index is -1.29. The number of halogens is 1. The van der Waals surface area contributed by atoms with Gasteiger partial charge in [0.05, 0.1) is 77.3 Å². The van der Waals surface area contributed by atoms with Crippen molar-refractivity contribution in [1.82, 2.24) is 35.9 Å². The molecule has 1 atom stereocenters. The van der Waals surface area contributed by atoms with E-state index in [1.165, 1.54) is 16.0 Å². The first-order valence-corrected chi connectivity index (χ1v) is 21.0. The Morgan fingerprint density at radius 1 is 0.825 bits per heavy atom. The van der Waals surface area contributed by atoms with Crippen molar-refractivity contribution in [2.24, 2.45) is 0 Å². The number of benzene rings is 1. The molecule has 0 saturated carbocycles. The second-order valence-electron chi connectivity index (χ2n) is 13.2. The number of urea groups is 1. The molecular formula is C39H56FN9O13S. The van der Waals surface area contributed by atoms with Crippen LogP contribution in [0.5, 0.6) is 0 Å². The van der Waals surface area contributed by atoms with Gasteiger partial charge in [-0.1, -0.05) is 17.3 Å². The molecule has 2 heterocycles. The highest BCUT2D eigenvalue weighted by molar-refractivity contribution is 7.14. The van der Waals surface area contributed by atoms with E-state index in [9.17, 15) is 28.4 Å². The molecule has 0 bridgehead atoms. The summed E-state index contributed by atoms with van der Waals surface area (Å²) in [5, 5.41) is 42.1. The van der Waals surface area contributed by atoms with Gasteiger partial charge in [0.25, 0.3) is 0 Å². The number of aromatic nitrogens is 4. The van der Waals surface area contributed by atoms with Gasteiger partial charge in [-0.2, -0.15) is 9.59 Å². The number of carboxylic acids is 2. The van der Waals surface area contributed by atoms with E-state index in [0.29, 0.717) is 96.5 Å². The standard InChI is InChI=1S/C38H56FN9O11S.CO2/c39-12-5-8-30-25-48(47-46-30)26-34(50)40-15-17-57-19-21-59-23-22-58-20-18-56-16-11-33(49)43-29-7-4-6-28(24-29)32-27-60-38(45-32)42-14-3-1-2-13-41-37(55)44-31(36(53)54)9-10-35(51)52;2-1-3/h4,6-7,24-25,27,31H,1-3,5,8-23,26H2,(H,40,50)(H,42,45)(H,43,49)(H,51,52)(H,53,54)(H2,41,44,55);/t31-;/m0./s1. The third-order valence-electron chi connectivity index (χ3n) is 8.23. The third-order valence-corrected chi connectivity index (χ3v) is 9.03. The van der Waals surface area contributed by atoms with Gasteiger partial charge in [0.15, 0.2) is 5.13 Å². The normalized spacial score (nSPS) is 11.1. The van der Waals surface area contributed by atoms with Crippen LogP contribution in [-0.2, 0) is 60.7 Å². The van der Waals surface area contributed by atoms with Gasteiger partial charge >= 0.3 is 24.1 Å². The van der Waals surface area contributed by atoms with Crippen LogP contribution in [0.4, 0.5) is 20.0 Å². The Hall–Kier alpha value is -5.91. The molecule has 0 radical (unpaired) electrons. The van der Waals surface area contributed by atoms with E-state index in [-0.39, 0.29) is 50.4 Å². The van der Waals surface area contributed by atoms with Gasteiger partial charge in [-0.3, -0.25) is 18.8 Å². The molecule has 0 aliphatic carbocycles. The Morgan fingerprint density at radius 2 is 1.51 bits per heavy atom. The molecule has 0 saturated heterocycles. The summed E-state index contributed by atoms with van der Waals surface area (Å²) in [7, 11) is 0. The second-order valence-corrected chi connectivity index (χ2v) is 14.1. The fourth-order valence-corrected chi connectivity index (χ4v) is 5.94. The Bertz CT molecular complexity index is 1830. The fraction of sp³-hybridized carbons (Fsp3) is 0.564. The minimum absolute atomic E-state index is 0.0298. The van der Waals surface area contributed by atoms with E-state index in [0.717, 1.165) is 29.2 Å². The highest BCUT2D eigenvalue weighted by Gasteiger charge is 2.20. The number of aryl methyl sites for hydroxylation is 1. The average molecular weight is 910 g/mol. The van der Waals surface area contributed by atoms with Crippen molar-refractivity contribution >= 4 is 58.1 Å². The van der Waals surface area contributed by atoms with Crippen molar-refractivity contribution in [3.05, 3.63) is 41.5 Å². The summed E-state index contributed by atoms with van der Waals surface area (Å²) < 4.78 is 35.6. The number of carbonyl (C=O) groups is 5. The molecule has 0 fully saturated rings. The Kier molecular flexibility index (Phi) is 28.5. The van der Waals surface area contributed by atoms with Crippen LogP contribution < -0.4 is 26.6 Å². The Morgan fingerprint density at radius 3 is 2.19 bits per heavy atom. The number of carboxylic acid groups (broad SMARTS) is 2. The summed E-state index contributed by atoms with van der Waals surface area (Å²) in [4.78, 5) is 79.2. The molecule has 22 nitrogen and oxygen atoms in total. The Balaban J connectivity index is 0.00000442. The lowest BCUT2D eigenvalue weighted by Gasteiger charge is -2.14. The van der Waals surface area contributed by atoms with Gasteiger partial charge in [-0.15, -0.1) is 16.4 Å². The van der Waals surface area contributed by atoms with Crippen molar-refractivity contribution in [2.45, 2.75) is 64.0 Å². The van der Waals surface area contributed by atoms with Crippen LogP contribution in [0.2, 0.25) is 0 Å². The molecule has 63 heavy (non-hydrogen) atoms. The number of hydrogen-bond donors (Lipinski definition) is 7. The first-order chi connectivity index (χ1) is 30.5. The quantitative estimate of drug-likeness (QED) is 0.0422. The molecule has 2 aromatic heterocycles. The van der Waals surface area contributed by atoms with Gasteiger partial charge in [-0.05, 0) is 50.7 Å². The summed E-state index contributed by atoms with van der Waals surface area (Å²) in [6.07, 6.45) is 4.65. The predicted molar refractivity (Wildman–Crippen MR) is 224 cm³/mol. The van der Waals surface area contributed by atoms with E-state index in [1.54, 1.807) is 12.3 Å². The number of nitrogens with zero attached hydrogens (tertiary/aromatic N) is 4. The number of amides is 4. The SMILES string of the molecule is O=C(O)CC[C@H](NC(=O)NCCCCCNc1nc(-c2cccc(NC(=O)CCOCCOCCOCCOCCNC(=O)Cn3cc(CCCF)nn3)c2)cs1)C(=O)O.O=C=O. The van der Waals surface area contributed by atoms with E-state index in [2.05, 4.69) is 41.9 Å². The topological polar surface area (TPSA) is 301 Å². The zero-order valence-electron chi connectivity index (χ0n) is 34.9. The van der Waals surface area contributed by atoms with Crippen molar-refractivity contribution < 1.29 is 67.1 Å². The average Bonchev–Trinajstić information content (AvgIpc) is 3.92. The van der Waals surface area contributed by atoms with Crippen molar-refractivity contribution in [2.75, 3.05) is 89.8 Å². The van der Waals surface area contributed by atoms with Gasteiger partial charge in [0.1, 0.15) is 12.6 Å². The number of alkyl halides is 1. The molecule has 1 aromatic carbocycles. The number of carbonyl (C=O) groups excluding carboxylic acids is 5. The summed E-state index contributed by atoms with van der Waals surface area (Å²) in [5.41, 5.74) is 2.91. The number of hydrogen-bond acceptors (Lipinski definition) is 16. The highest BCUT2D eigenvalue weighted by Crippen LogP contribution is 2.27. The first kappa shape index (κ1) is 53.2. The smallest absolute Gasteiger partial charge is 0.373 e. The number of anilines is 2. The molecule has 3 rings (SSSR count). The zero-order chi connectivity index (χ0) is 45.9. The summed E-state index contributed by atoms with van der Waals surface area (Å²) in [6.45, 7) is 3.74. The molecule has 24 heteroatoms. The van der Waals surface area contributed by atoms with Gasteiger partial charge in [0.2, 0.25) is 11.8 Å². The monoisotopic (exact) mass is 909 g/mol. The maximum Gasteiger partial charge on any atom is 0.373 e. The van der Waals surface area contributed by atoms with Gasteiger partial charge < -0.3 is 55.7 Å². The maximum absolute atomic E-state index is 12.5. The lowest BCUT2D eigenvalue weighted by Crippen LogP contribution is -2.46. The number of thiazole rings is 1. The minimum Gasteiger partial charge on any atom is -0.481 e. The second kappa shape index (κ2) is 33.7. The number of unbranched alkanes of at least 4 members (excludes halogenated alkanes) is 2. The van der Waals surface area contributed by atoms with Crippen LogP contribution in [0.1, 0.15) is 50.6 Å². The largest absolute Gasteiger partial charge is 0.481 e. The molecule has 0 aliphatic rings. The molecule has 0 unspecified atom stereocenters. The van der Waals surface area contributed by atoms with Crippen molar-refractivity contribution in [3.63, 3.8) is 0 Å². The van der Waals surface area contributed by atoms with Crippen molar-refractivity contribution in [3.8, 4) is 11.3 Å². The Labute approximate surface area is 367 Å². The fourth-order valence-electron chi connectivity index (χ4n) is 5.20. The maximum atomic E-state index is 12.5. The van der Waals surface area contributed by atoms with Crippen LogP contribution in [0.15, 0.2) is 35.8 Å². The van der Waals surface area contributed by atoms with Gasteiger partial charge in [0, 0.05) is 48.9 Å². The summed E-state index contributed by atoms with van der Waals surface area (Å²) >= 11 is 1.46. The molecule has 7 N–H and O–H groups in total. The van der Waals surface area contributed by atoms with E-state index in [4.69, 9.17) is 38.7 Å². The molecule has 0 aliphatic heterocycles. The molecule has 348 valence electrons. The number of rotatable bonds is 34. The number of aliphatic carboxylic acids is 2. The van der Waals surface area contributed by atoms with Crippen LogP contribution >= 0.6 is 11.3 Å². The van der Waals surface area contributed by atoms with Crippen LogP contribution in [0.3, 0.4) is 0 Å². The third kappa shape index (κ3) is 26.2. The number of ether oxygens (including phenoxy) is 4. The molecule has 0 spiro atoms. The number of nitrogens with one attached hydrogen (secondary N) is 5. The lowest BCUT2D eigenvalue weighted by atomic mass is 10.1. The van der Waals surface area contributed by atoms with Crippen LogP contribution in [0.25, 0.3) is 11.3 Å². The zero-order valence-corrected chi connectivity index (χ0v) is 35.7. The van der Waals surface area contributed by atoms with E-state index >= 15 is 0 Å². The van der Waals surface area contributed by atoms with Gasteiger partial charge in [-0.25, -0.2) is 19.3 Å². The van der Waals surface area contributed by atoms with E-state index in [1.807, 2.05) is 23.6 Å². The van der Waals surface area contributed by atoms with E-state index < -0.39 is 30.7 Å². The lowest BCUT2D eigenvalue weighted by molar-refractivity contribution is -0.191.